The van der Waals surface area contributed by atoms with Crippen molar-refractivity contribution in [2.75, 3.05) is 5.75 Å². The van der Waals surface area contributed by atoms with Crippen molar-refractivity contribution < 1.29 is 19.2 Å². The third-order valence-electron chi connectivity index (χ3n) is 7.08. The molecule has 6 heteroatoms. The summed E-state index contributed by atoms with van der Waals surface area (Å²) in [5, 5.41) is 0.627. The molecule has 204 valence electrons. The van der Waals surface area contributed by atoms with Crippen LogP contribution in [0.4, 0.5) is 0 Å². The maximum absolute atomic E-state index is 11.9. The summed E-state index contributed by atoms with van der Waals surface area (Å²) in [6.07, 6.45) is 7.78. The van der Waals surface area contributed by atoms with E-state index in [4.69, 9.17) is 4.84 Å². The number of benzene rings is 3. The number of amides is 2. The molecular weight excluding hydrogens is 506 g/mol. The van der Waals surface area contributed by atoms with Gasteiger partial charge in [-0.3, -0.25) is 9.59 Å². The molecule has 3 aromatic carbocycles. The lowest BCUT2D eigenvalue weighted by atomic mass is 9.84. The van der Waals surface area contributed by atoms with Crippen molar-refractivity contribution in [2.24, 2.45) is 0 Å². The highest BCUT2D eigenvalue weighted by Gasteiger charge is 2.36. The molecule has 2 amide bonds. The molecule has 0 N–H and O–H groups in total. The molecule has 1 aliphatic rings. The SMILES string of the molecule is O=C(CCCCCCCCCSC(c1ccccc1)(c1ccccc1)c1ccccc1)ON1C(=O)CCC1=O. The third-order valence-corrected chi connectivity index (χ3v) is 8.72. The minimum absolute atomic E-state index is 0.121. The number of nitrogens with zero attached hydrogens (tertiary/aromatic N) is 1. The lowest BCUT2D eigenvalue weighted by molar-refractivity contribution is -0.197. The normalized spacial score (nSPS) is 13.6. The third kappa shape index (κ3) is 7.60. The monoisotopic (exact) mass is 543 g/mol. The summed E-state index contributed by atoms with van der Waals surface area (Å²) in [5.41, 5.74) is 3.89. The number of hydrogen-bond acceptors (Lipinski definition) is 5. The highest BCUT2D eigenvalue weighted by molar-refractivity contribution is 8.00. The fraction of sp³-hybridized carbons (Fsp3) is 0.364. The second kappa shape index (κ2) is 14.7. The zero-order valence-electron chi connectivity index (χ0n) is 22.4. The summed E-state index contributed by atoms with van der Waals surface area (Å²) >= 11 is 2.01. The van der Waals surface area contributed by atoms with Crippen molar-refractivity contribution in [3.8, 4) is 0 Å². The highest BCUT2D eigenvalue weighted by atomic mass is 32.2. The Bertz CT molecular complexity index is 1090. The number of rotatable bonds is 15. The fourth-order valence-electron chi connectivity index (χ4n) is 5.05. The van der Waals surface area contributed by atoms with Crippen LogP contribution in [0.15, 0.2) is 91.0 Å². The molecule has 5 nitrogen and oxygen atoms in total. The largest absolute Gasteiger partial charge is 0.333 e. The van der Waals surface area contributed by atoms with Crippen molar-refractivity contribution in [3.63, 3.8) is 0 Å². The smallest absolute Gasteiger partial charge is 0.330 e. The second-order valence-corrected chi connectivity index (χ2v) is 11.2. The van der Waals surface area contributed by atoms with E-state index in [-0.39, 0.29) is 24.0 Å². The summed E-state index contributed by atoms with van der Waals surface area (Å²) in [4.78, 5) is 39.9. The van der Waals surface area contributed by atoms with Crippen LogP contribution in [0.25, 0.3) is 0 Å². The van der Waals surface area contributed by atoms with Crippen LogP contribution in [0.5, 0.6) is 0 Å². The molecule has 1 aliphatic heterocycles. The van der Waals surface area contributed by atoms with Crippen LogP contribution >= 0.6 is 11.8 Å². The Hall–Kier alpha value is -3.38. The van der Waals surface area contributed by atoms with Crippen LogP contribution in [-0.2, 0) is 24.0 Å². The Labute approximate surface area is 235 Å². The molecule has 39 heavy (non-hydrogen) atoms. The molecule has 0 saturated carbocycles. The first-order valence-corrected chi connectivity index (χ1v) is 15.0. The molecule has 0 aliphatic carbocycles. The molecule has 0 bridgehead atoms. The lowest BCUT2D eigenvalue weighted by Gasteiger charge is -2.35. The minimum atomic E-state index is -0.505. The van der Waals surface area contributed by atoms with Gasteiger partial charge in [-0.2, -0.15) is 0 Å². The van der Waals surface area contributed by atoms with Gasteiger partial charge in [-0.05, 0) is 35.3 Å². The van der Waals surface area contributed by atoms with E-state index in [0.717, 1.165) is 37.9 Å². The standard InChI is InChI=1S/C33H37NO4S/c35-30-24-25-31(36)34(30)38-32(37)23-15-4-2-1-3-5-16-26-39-33(27-17-9-6-10-18-27,28-19-11-7-12-20-28)29-21-13-8-14-22-29/h6-14,17-22H,1-5,15-16,23-26H2. The first-order valence-electron chi connectivity index (χ1n) is 14.0. The maximum atomic E-state index is 11.9. The van der Waals surface area contributed by atoms with Crippen molar-refractivity contribution in [1.82, 2.24) is 5.06 Å². The van der Waals surface area contributed by atoms with E-state index in [9.17, 15) is 14.4 Å². The number of hydrogen-bond donors (Lipinski definition) is 0. The van der Waals surface area contributed by atoms with Gasteiger partial charge in [-0.25, -0.2) is 4.79 Å². The molecule has 1 saturated heterocycles. The van der Waals surface area contributed by atoms with Crippen molar-refractivity contribution in [3.05, 3.63) is 108 Å². The molecular formula is C33H37NO4S. The van der Waals surface area contributed by atoms with E-state index in [1.54, 1.807) is 0 Å². The molecule has 0 atom stereocenters. The number of unbranched alkanes of at least 4 members (excludes halogenated alkanes) is 6. The Morgan fingerprint density at radius 3 is 1.51 bits per heavy atom. The van der Waals surface area contributed by atoms with Gasteiger partial charge >= 0.3 is 5.97 Å². The fourth-order valence-corrected chi connectivity index (χ4v) is 6.62. The average Bonchev–Trinajstić information content (AvgIpc) is 3.29. The zero-order chi connectivity index (χ0) is 27.3. The maximum Gasteiger partial charge on any atom is 0.333 e. The van der Waals surface area contributed by atoms with E-state index in [1.807, 2.05) is 11.8 Å². The number of hydroxylamine groups is 2. The van der Waals surface area contributed by atoms with Gasteiger partial charge in [0.25, 0.3) is 11.8 Å². The summed E-state index contributed by atoms with van der Waals surface area (Å²) in [6, 6.07) is 32.4. The molecule has 0 unspecified atom stereocenters. The van der Waals surface area contributed by atoms with Gasteiger partial charge in [0.05, 0.1) is 4.75 Å². The van der Waals surface area contributed by atoms with Crippen LogP contribution < -0.4 is 0 Å². The van der Waals surface area contributed by atoms with Gasteiger partial charge in [-0.1, -0.05) is 123 Å². The van der Waals surface area contributed by atoms with Crippen molar-refractivity contribution in [2.45, 2.75) is 69.0 Å². The van der Waals surface area contributed by atoms with Gasteiger partial charge in [0, 0.05) is 19.3 Å². The van der Waals surface area contributed by atoms with Crippen LogP contribution in [0.3, 0.4) is 0 Å². The molecule has 0 radical (unpaired) electrons. The van der Waals surface area contributed by atoms with Crippen LogP contribution in [0.1, 0.15) is 80.9 Å². The molecule has 1 heterocycles. The molecule has 4 rings (SSSR count). The van der Waals surface area contributed by atoms with Crippen LogP contribution in [0, 0.1) is 0 Å². The average molecular weight is 544 g/mol. The zero-order valence-corrected chi connectivity index (χ0v) is 23.2. The number of imide groups is 1. The topological polar surface area (TPSA) is 63.7 Å². The van der Waals surface area contributed by atoms with Crippen molar-refractivity contribution in [1.29, 1.82) is 0 Å². The number of thioether (sulfide) groups is 1. The molecule has 3 aromatic rings. The summed E-state index contributed by atoms with van der Waals surface area (Å²) in [7, 11) is 0. The first kappa shape index (κ1) is 28.6. The Balaban J connectivity index is 1.22. The lowest BCUT2D eigenvalue weighted by Crippen LogP contribution is -2.31. The van der Waals surface area contributed by atoms with Gasteiger partial charge in [0.1, 0.15) is 0 Å². The highest BCUT2D eigenvalue weighted by Crippen LogP contribution is 2.48. The summed E-state index contributed by atoms with van der Waals surface area (Å²) in [6.45, 7) is 0. The second-order valence-electron chi connectivity index (χ2n) is 9.90. The number of carbonyl (C=O) groups excluding carboxylic acids is 3. The molecule has 0 spiro atoms. The van der Waals surface area contributed by atoms with Gasteiger partial charge in [-0.15, -0.1) is 16.8 Å². The molecule has 1 fully saturated rings. The van der Waals surface area contributed by atoms with Gasteiger partial charge in [0.2, 0.25) is 0 Å². The van der Waals surface area contributed by atoms with E-state index in [0.29, 0.717) is 11.5 Å². The van der Waals surface area contributed by atoms with Gasteiger partial charge < -0.3 is 4.84 Å². The summed E-state index contributed by atoms with van der Waals surface area (Å²) < 4.78 is -0.261. The van der Waals surface area contributed by atoms with E-state index >= 15 is 0 Å². The summed E-state index contributed by atoms with van der Waals surface area (Å²) in [5.74, 6) is -0.312. The van der Waals surface area contributed by atoms with Gasteiger partial charge in [0.15, 0.2) is 0 Å². The quantitative estimate of drug-likeness (QED) is 0.113. The minimum Gasteiger partial charge on any atom is -0.330 e. The Kier molecular flexibility index (Phi) is 10.8. The predicted molar refractivity (Wildman–Crippen MR) is 156 cm³/mol. The van der Waals surface area contributed by atoms with E-state index < -0.39 is 17.8 Å². The van der Waals surface area contributed by atoms with Crippen LogP contribution in [0.2, 0.25) is 0 Å². The number of carbonyl (C=O) groups is 3. The Morgan fingerprint density at radius 2 is 1.05 bits per heavy atom. The molecule has 0 aromatic heterocycles. The van der Waals surface area contributed by atoms with Crippen molar-refractivity contribution >= 4 is 29.5 Å². The van der Waals surface area contributed by atoms with Crippen LogP contribution in [-0.4, -0.2) is 28.6 Å². The Morgan fingerprint density at radius 1 is 0.641 bits per heavy atom. The van der Waals surface area contributed by atoms with E-state index in [1.165, 1.54) is 23.1 Å². The first-order chi connectivity index (χ1) is 19.1. The predicted octanol–water partition coefficient (Wildman–Crippen LogP) is 7.44. The van der Waals surface area contributed by atoms with E-state index in [2.05, 4.69) is 91.0 Å².